The molecule has 0 saturated heterocycles. The number of hydrogen-bond donors (Lipinski definition) is 3. The standard InChI is InChI=1S/C34H35N3O4S2/c1-3-5-19-41-28-16-14-26(15-17-28)35-34(40)31(4-2)43-29-13-9-12-27(22-29)36-33(39)30(21-24-18-20-42-23-24)37-32(38)25-10-7-6-8-11-25/h6-18,20-23,31H,3-5,19H2,1-2H3,(H,35,40)(H,36,39)(H,37,38)/b30-21-. The molecule has 0 aliphatic heterocycles. The lowest BCUT2D eigenvalue weighted by atomic mass is 10.2. The van der Waals surface area contributed by atoms with Crippen LogP contribution in [0.5, 0.6) is 5.75 Å². The minimum atomic E-state index is -0.454. The summed E-state index contributed by atoms with van der Waals surface area (Å²) in [6.07, 6.45) is 4.33. The van der Waals surface area contributed by atoms with Crippen molar-refractivity contribution >= 4 is 58.3 Å². The maximum absolute atomic E-state index is 13.3. The number of carbonyl (C=O) groups is 3. The van der Waals surface area contributed by atoms with Crippen molar-refractivity contribution < 1.29 is 19.1 Å². The zero-order valence-electron chi connectivity index (χ0n) is 24.2. The molecule has 1 heterocycles. The summed E-state index contributed by atoms with van der Waals surface area (Å²) < 4.78 is 5.70. The van der Waals surface area contributed by atoms with Gasteiger partial charge in [-0.15, -0.1) is 11.8 Å². The Balaban J connectivity index is 1.40. The molecule has 222 valence electrons. The van der Waals surface area contributed by atoms with E-state index in [-0.39, 0.29) is 22.8 Å². The molecule has 0 aliphatic carbocycles. The number of amides is 3. The van der Waals surface area contributed by atoms with E-state index in [9.17, 15) is 14.4 Å². The monoisotopic (exact) mass is 613 g/mol. The number of thiophene rings is 1. The van der Waals surface area contributed by atoms with Crippen LogP contribution in [0.15, 0.2) is 106 Å². The molecule has 1 aromatic heterocycles. The summed E-state index contributed by atoms with van der Waals surface area (Å²) in [6, 6.07) is 25.3. The third kappa shape index (κ3) is 9.87. The van der Waals surface area contributed by atoms with E-state index in [0.29, 0.717) is 30.0 Å². The highest BCUT2D eigenvalue weighted by Gasteiger charge is 2.19. The molecule has 1 unspecified atom stereocenters. The van der Waals surface area contributed by atoms with Crippen molar-refractivity contribution in [3.63, 3.8) is 0 Å². The molecular formula is C34H35N3O4S2. The number of nitrogens with one attached hydrogen (secondary N) is 3. The molecule has 9 heteroatoms. The Morgan fingerprint density at radius 1 is 0.907 bits per heavy atom. The van der Waals surface area contributed by atoms with Gasteiger partial charge in [0.1, 0.15) is 11.4 Å². The average molecular weight is 614 g/mol. The number of anilines is 2. The zero-order valence-corrected chi connectivity index (χ0v) is 25.8. The Morgan fingerprint density at radius 2 is 1.70 bits per heavy atom. The van der Waals surface area contributed by atoms with Crippen LogP contribution in [-0.2, 0) is 9.59 Å². The van der Waals surface area contributed by atoms with E-state index < -0.39 is 5.91 Å². The van der Waals surface area contributed by atoms with Crippen LogP contribution < -0.4 is 20.7 Å². The SMILES string of the molecule is CCCCOc1ccc(NC(=O)C(CC)Sc2cccc(NC(=O)/C(=C/c3ccsc3)NC(=O)c3ccccc3)c2)cc1. The Morgan fingerprint density at radius 3 is 2.40 bits per heavy atom. The molecule has 0 spiro atoms. The smallest absolute Gasteiger partial charge is 0.272 e. The van der Waals surface area contributed by atoms with Crippen LogP contribution in [-0.4, -0.2) is 29.6 Å². The van der Waals surface area contributed by atoms with Crippen LogP contribution in [0.1, 0.15) is 49.0 Å². The first kappa shape index (κ1) is 31.6. The summed E-state index contributed by atoms with van der Waals surface area (Å²) >= 11 is 2.92. The minimum Gasteiger partial charge on any atom is -0.494 e. The first-order valence-electron chi connectivity index (χ1n) is 14.2. The van der Waals surface area contributed by atoms with Crippen molar-refractivity contribution in [2.45, 2.75) is 43.3 Å². The van der Waals surface area contributed by atoms with Crippen LogP contribution in [0.25, 0.3) is 6.08 Å². The van der Waals surface area contributed by atoms with Crippen molar-refractivity contribution in [3.8, 4) is 5.75 Å². The van der Waals surface area contributed by atoms with Crippen molar-refractivity contribution in [1.82, 2.24) is 5.32 Å². The van der Waals surface area contributed by atoms with E-state index in [1.54, 1.807) is 36.4 Å². The van der Waals surface area contributed by atoms with Gasteiger partial charge in [-0.2, -0.15) is 11.3 Å². The Kier molecular flexibility index (Phi) is 12.0. The number of unbranched alkanes of at least 4 members (excludes halogenated alkanes) is 1. The molecule has 4 aromatic rings. The van der Waals surface area contributed by atoms with Gasteiger partial charge in [-0.05, 0) is 95.9 Å². The van der Waals surface area contributed by atoms with E-state index in [1.165, 1.54) is 23.1 Å². The van der Waals surface area contributed by atoms with Gasteiger partial charge in [0.15, 0.2) is 0 Å². The largest absolute Gasteiger partial charge is 0.494 e. The van der Waals surface area contributed by atoms with E-state index in [1.807, 2.05) is 72.3 Å². The highest BCUT2D eigenvalue weighted by atomic mass is 32.2. The van der Waals surface area contributed by atoms with Gasteiger partial charge >= 0.3 is 0 Å². The second kappa shape index (κ2) is 16.3. The molecule has 3 aromatic carbocycles. The van der Waals surface area contributed by atoms with Gasteiger partial charge in [0.2, 0.25) is 5.91 Å². The van der Waals surface area contributed by atoms with Crippen LogP contribution in [0.2, 0.25) is 0 Å². The van der Waals surface area contributed by atoms with Gasteiger partial charge in [0.25, 0.3) is 11.8 Å². The predicted octanol–water partition coefficient (Wildman–Crippen LogP) is 7.85. The number of carbonyl (C=O) groups excluding carboxylic acids is 3. The van der Waals surface area contributed by atoms with E-state index in [0.717, 1.165) is 29.1 Å². The Hall–Kier alpha value is -4.34. The fraction of sp³-hybridized carbons (Fsp3) is 0.206. The van der Waals surface area contributed by atoms with Crippen molar-refractivity contribution in [2.75, 3.05) is 17.2 Å². The quantitative estimate of drug-likeness (QED) is 0.0765. The minimum absolute atomic E-state index is 0.105. The molecular weight excluding hydrogens is 579 g/mol. The average Bonchev–Trinajstić information content (AvgIpc) is 3.54. The highest BCUT2D eigenvalue weighted by Crippen LogP contribution is 2.29. The molecule has 0 fully saturated rings. The third-order valence-electron chi connectivity index (χ3n) is 6.30. The summed E-state index contributed by atoms with van der Waals surface area (Å²) in [5.74, 6) is -0.160. The lowest BCUT2D eigenvalue weighted by Crippen LogP contribution is -2.30. The summed E-state index contributed by atoms with van der Waals surface area (Å²) in [7, 11) is 0. The number of ether oxygens (including phenoxy) is 1. The predicted molar refractivity (Wildman–Crippen MR) is 177 cm³/mol. The third-order valence-corrected chi connectivity index (χ3v) is 8.36. The summed E-state index contributed by atoms with van der Waals surface area (Å²) in [5.41, 5.74) is 2.63. The lowest BCUT2D eigenvalue weighted by Gasteiger charge is -2.16. The van der Waals surface area contributed by atoms with Crippen LogP contribution >= 0.6 is 23.1 Å². The lowest BCUT2D eigenvalue weighted by molar-refractivity contribution is -0.116. The van der Waals surface area contributed by atoms with Gasteiger partial charge < -0.3 is 20.7 Å². The van der Waals surface area contributed by atoms with E-state index >= 15 is 0 Å². The first-order valence-corrected chi connectivity index (χ1v) is 16.0. The van der Waals surface area contributed by atoms with Gasteiger partial charge in [0.05, 0.1) is 11.9 Å². The maximum atomic E-state index is 13.3. The molecule has 3 amide bonds. The van der Waals surface area contributed by atoms with Crippen molar-refractivity contribution in [1.29, 1.82) is 0 Å². The van der Waals surface area contributed by atoms with Gasteiger partial charge in [0, 0.05) is 21.8 Å². The van der Waals surface area contributed by atoms with Gasteiger partial charge in [-0.25, -0.2) is 0 Å². The number of thioether (sulfide) groups is 1. The second-order valence-electron chi connectivity index (χ2n) is 9.65. The molecule has 3 N–H and O–H groups in total. The van der Waals surface area contributed by atoms with Crippen LogP contribution in [0.4, 0.5) is 11.4 Å². The molecule has 0 radical (unpaired) electrons. The number of hydrogen-bond acceptors (Lipinski definition) is 6. The number of benzene rings is 3. The molecule has 4 rings (SSSR count). The molecule has 0 aliphatic rings. The van der Waals surface area contributed by atoms with Crippen molar-refractivity contribution in [3.05, 3.63) is 113 Å². The van der Waals surface area contributed by atoms with Crippen LogP contribution in [0.3, 0.4) is 0 Å². The number of rotatable bonds is 14. The first-order chi connectivity index (χ1) is 20.9. The van der Waals surface area contributed by atoms with Crippen molar-refractivity contribution in [2.24, 2.45) is 0 Å². The molecule has 43 heavy (non-hydrogen) atoms. The van der Waals surface area contributed by atoms with Crippen LogP contribution in [0, 0.1) is 0 Å². The molecule has 7 nitrogen and oxygen atoms in total. The normalized spacial score (nSPS) is 11.8. The Labute approximate surface area is 260 Å². The summed E-state index contributed by atoms with van der Waals surface area (Å²) in [6.45, 7) is 4.75. The fourth-order valence-electron chi connectivity index (χ4n) is 3.99. The molecule has 1 atom stereocenters. The van der Waals surface area contributed by atoms with E-state index in [2.05, 4.69) is 22.9 Å². The van der Waals surface area contributed by atoms with Gasteiger partial charge in [-0.3, -0.25) is 14.4 Å². The topological polar surface area (TPSA) is 96.5 Å². The maximum Gasteiger partial charge on any atom is 0.272 e. The summed E-state index contributed by atoms with van der Waals surface area (Å²) in [4.78, 5) is 40.1. The Bertz CT molecular complexity index is 1520. The van der Waals surface area contributed by atoms with E-state index in [4.69, 9.17) is 4.74 Å². The zero-order chi connectivity index (χ0) is 30.4. The molecule has 0 saturated carbocycles. The summed E-state index contributed by atoms with van der Waals surface area (Å²) in [5, 5.41) is 12.1. The molecule has 0 bridgehead atoms. The fourth-order valence-corrected chi connectivity index (χ4v) is 5.62. The highest BCUT2D eigenvalue weighted by molar-refractivity contribution is 8.00. The second-order valence-corrected chi connectivity index (χ2v) is 11.7. The van der Waals surface area contributed by atoms with Gasteiger partial charge in [-0.1, -0.05) is 44.5 Å².